The lowest BCUT2D eigenvalue weighted by Gasteiger charge is -2.21. The highest BCUT2D eigenvalue weighted by Gasteiger charge is 2.11. The quantitative estimate of drug-likeness (QED) is 0.757. The summed E-state index contributed by atoms with van der Waals surface area (Å²) in [4.78, 5) is 1.34. The van der Waals surface area contributed by atoms with Crippen LogP contribution in [-0.2, 0) is 6.42 Å². The Kier molecular flexibility index (Phi) is 6.16. The van der Waals surface area contributed by atoms with Crippen molar-refractivity contribution in [3.05, 3.63) is 66.2 Å². The first-order valence-electron chi connectivity index (χ1n) is 7.22. The van der Waals surface area contributed by atoms with Crippen LogP contribution in [0.15, 0.2) is 65.6 Å². The Balaban J connectivity index is 1.93. The molecule has 0 aliphatic heterocycles. The van der Waals surface area contributed by atoms with Crippen LogP contribution in [0.4, 0.5) is 0 Å². The largest absolute Gasteiger partial charge is 0.311 e. The average molecular weight is 285 g/mol. The van der Waals surface area contributed by atoms with Gasteiger partial charge in [0.1, 0.15) is 0 Å². The fraction of sp³-hybridized carbons (Fsp3) is 0.333. The van der Waals surface area contributed by atoms with Gasteiger partial charge >= 0.3 is 0 Å². The molecule has 0 amide bonds. The molecule has 0 aliphatic carbocycles. The summed E-state index contributed by atoms with van der Waals surface area (Å²) in [6, 6.07) is 22.4. The molecule has 2 rings (SSSR count). The van der Waals surface area contributed by atoms with E-state index in [1.54, 1.807) is 0 Å². The summed E-state index contributed by atoms with van der Waals surface area (Å²) in [5.41, 5.74) is 1.40. The van der Waals surface area contributed by atoms with Crippen LogP contribution in [0, 0.1) is 0 Å². The third kappa shape index (κ3) is 5.40. The van der Waals surface area contributed by atoms with E-state index in [9.17, 15) is 0 Å². The highest BCUT2D eigenvalue weighted by atomic mass is 32.2. The van der Waals surface area contributed by atoms with Gasteiger partial charge in [-0.2, -0.15) is 0 Å². The SMILES string of the molecule is CC(C)NC(CSc1ccccc1)Cc1ccccc1. The third-order valence-corrected chi connectivity index (χ3v) is 4.26. The molecule has 1 unspecified atom stereocenters. The van der Waals surface area contributed by atoms with E-state index in [4.69, 9.17) is 0 Å². The van der Waals surface area contributed by atoms with Gasteiger partial charge in [-0.25, -0.2) is 0 Å². The molecule has 1 nitrogen and oxygen atoms in total. The highest BCUT2D eigenvalue weighted by Crippen LogP contribution is 2.19. The highest BCUT2D eigenvalue weighted by molar-refractivity contribution is 7.99. The van der Waals surface area contributed by atoms with Crippen molar-refractivity contribution in [3.63, 3.8) is 0 Å². The molecule has 1 N–H and O–H groups in total. The maximum atomic E-state index is 3.68. The molecule has 0 heterocycles. The summed E-state index contributed by atoms with van der Waals surface area (Å²) in [5.74, 6) is 1.09. The lowest BCUT2D eigenvalue weighted by molar-refractivity contribution is 0.493. The average Bonchev–Trinajstić information content (AvgIpc) is 2.46. The Hall–Kier alpha value is -1.25. The van der Waals surface area contributed by atoms with E-state index >= 15 is 0 Å². The number of thioether (sulfide) groups is 1. The molecule has 2 heteroatoms. The van der Waals surface area contributed by atoms with Crippen molar-refractivity contribution < 1.29 is 0 Å². The lowest BCUT2D eigenvalue weighted by atomic mass is 10.1. The number of benzene rings is 2. The van der Waals surface area contributed by atoms with E-state index in [2.05, 4.69) is 79.8 Å². The van der Waals surface area contributed by atoms with Crippen molar-refractivity contribution >= 4 is 11.8 Å². The van der Waals surface area contributed by atoms with Gasteiger partial charge in [-0.05, 0) is 24.1 Å². The van der Waals surface area contributed by atoms with Crippen LogP contribution >= 0.6 is 11.8 Å². The van der Waals surface area contributed by atoms with E-state index in [0.717, 1.165) is 12.2 Å². The minimum absolute atomic E-state index is 0.502. The molecule has 0 bridgehead atoms. The summed E-state index contributed by atoms with van der Waals surface area (Å²) < 4.78 is 0. The zero-order chi connectivity index (χ0) is 14.2. The molecule has 0 radical (unpaired) electrons. The second kappa shape index (κ2) is 8.13. The predicted octanol–water partition coefficient (Wildman–Crippen LogP) is 4.39. The Morgan fingerprint density at radius 2 is 1.50 bits per heavy atom. The molecule has 2 aromatic carbocycles. The summed E-state index contributed by atoms with van der Waals surface area (Å²) in [5, 5.41) is 3.68. The van der Waals surface area contributed by atoms with Crippen LogP contribution in [0.25, 0.3) is 0 Å². The van der Waals surface area contributed by atoms with Gasteiger partial charge in [-0.15, -0.1) is 11.8 Å². The molecule has 106 valence electrons. The molecule has 0 saturated carbocycles. The van der Waals surface area contributed by atoms with E-state index in [0.29, 0.717) is 12.1 Å². The van der Waals surface area contributed by atoms with Crippen LogP contribution in [0.2, 0.25) is 0 Å². The van der Waals surface area contributed by atoms with Crippen molar-refractivity contribution in [2.75, 3.05) is 5.75 Å². The Bertz CT molecular complexity index is 481. The summed E-state index contributed by atoms with van der Waals surface area (Å²) in [7, 11) is 0. The maximum Gasteiger partial charge on any atom is 0.0204 e. The first kappa shape index (κ1) is 15.1. The first-order valence-corrected chi connectivity index (χ1v) is 8.20. The van der Waals surface area contributed by atoms with Crippen molar-refractivity contribution in [2.24, 2.45) is 0 Å². The molecular formula is C18H23NS. The first-order chi connectivity index (χ1) is 9.74. The van der Waals surface area contributed by atoms with Crippen LogP contribution < -0.4 is 5.32 Å². The minimum atomic E-state index is 0.502. The standard InChI is InChI=1S/C18H23NS/c1-15(2)19-17(13-16-9-5-3-6-10-16)14-20-18-11-7-4-8-12-18/h3-12,15,17,19H,13-14H2,1-2H3. The van der Waals surface area contributed by atoms with E-state index in [-0.39, 0.29) is 0 Å². The van der Waals surface area contributed by atoms with Gasteiger partial charge in [0.15, 0.2) is 0 Å². The Labute approximate surface area is 126 Å². The van der Waals surface area contributed by atoms with Crippen LogP contribution in [-0.4, -0.2) is 17.8 Å². The number of rotatable bonds is 7. The fourth-order valence-corrected chi connectivity index (χ4v) is 3.21. The zero-order valence-corrected chi connectivity index (χ0v) is 13.1. The molecule has 0 saturated heterocycles. The molecule has 0 fully saturated rings. The second-order valence-corrected chi connectivity index (χ2v) is 6.43. The van der Waals surface area contributed by atoms with Gasteiger partial charge in [0.05, 0.1) is 0 Å². The van der Waals surface area contributed by atoms with Crippen LogP contribution in [0.5, 0.6) is 0 Å². The molecule has 0 spiro atoms. The topological polar surface area (TPSA) is 12.0 Å². The van der Waals surface area contributed by atoms with Gasteiger partial charge in [-0.3, -0.25) is 0 Å². The van der Waals surface area contributed by atoms with Crippen molar-refractivity contribution in [2.45, 2.75) is 37.2 Å². The zero-order valence-electron chi connectivity index (χ0n) is 12.3. The smallest absolute Gasteiger partial charge is 0.0204 e. The van der Waals surface area contributed by atoms with Crippen LogP contribution in [0.3, 0.4) is 0 Å². The minimum Gasteiger partial charge on any atom is -0.311 e. The second-order valence-electron chi connectivity index (χ2n) is 5.33. The van der Waals surface area contributed by atoms with Gasteiger partial charge < -0.3 is 5.32 Å². The summed E-state index contributed by atoms with van der Waals surface area (Å²) >= 11 is 1.93. The number of hydrogen-bond acceptors (Lipinski definition) is 2. The molecule has 20 heavy (non-hydrogen) atoms. The van der Waals surface area contributed by atoms with Crippen molar-refractivity contribution in [1.82, 2.24) is 5.32 Å². The number of nitrogens with one attached hydrogen (secondary N) is 1. The number of hydrogen-bond donors (Lipinski definition) is 1. The van der Waals surface area contributed by atoms with E-state index < -0.39 is 0 Å². The van der Waals surface area contributed by atoms with Crippen LogP contribution in [0.1, 0.15) is 19.4 Å². The van der Waals surface area contributed by atoms with E-state index in [1.807, 2.05) is 11.8 Å². The fourth-order valence-electron chi connectivity index (χ4n) is 2.25. The Morgan fingerprint density at radius 1 is 0.900 bits per heavy atom. The van der Waals surface area contributed by atoms with Gasteiger partial charge in [0.25, 0.3) is 0 Å². The third-order valence-electron chi connectivity index (χ3n) is 3.09. The van der Waals surface area contributed by atoms with E-state index in [1.165, 1.54) is 10.5 Å². The normalized spacial score (nSPS) is 12.6. The van der Waals surface area contributed by atoms with Gasteiger partial charge in [-0.1, -0.05) is 62.4 Å². The van der Waals surface area contributed by atoms with Crippen molar-refractivity contribution in [3.8, 4) is 0 Å². The predicted molar refractivity (Wildman–Crippen MR) is 89.4 cm³/mol. The monoisotopic (exact) mass is 285 g/mol. The molecule has 0 aliphatic rings. The summed E-state index contributed by atoms with van der Waals surface area (Å²) in [6.07, 6.45) is 1.08. The van der Waals surface area contributed by atoms with Gasteiger partial charge in [0, 0.05) is 22.7 Å². The van der Waals surface area contributed by atoms with Gasteiger partial charge in [0.2, 0.25) is 0 Å². The lowest BCUT2D eigenvalue weighted by Crippen LogP contribution is -2.38. The molecule has 2 aromatic rings. The molecular weight excluding hydrogens is 262 g/mol. The summed E-state index contributed by atoms with van der Waals surface area (Å²) in [6.45, 7) is 4.43. The van der Waals surface area contributed by atoms with Crippen molar-refractivity contribution in [1.29, 1.82) is 0 Å². The molecule has 1 atom stereocenters. The Morgan fingerprint density at radius 3 is 2.10 bits per heavy atom. The maximum absolute atomic E-state index is 3.68. The molecule has 0 aromatic heterocycles.